The second-order valence-corrected chi connectivity index (χ2v) is 3.61. The van der Waals surface area contributed by atoms with E-state index < -0.39 is 24.7 Å². The summed E-state index contributed by atoms with van der Waals surface area (Å²) >= 11 is 0. The Morgan fingerprint density at radius 3 is 2.05 bits per heavy atom. The maximum Gasteiger partial charge on any atom is 0.341 e. The number of rotatable bonds is 7. The Morgan fingerprint density at radius 1 is 1.00 bits per heavy atom. The summed E-state index contributed by atoms with van der Waals surface area (Å²) in [4.78, 5) is 34.2. The van der Waals surface area contributed by atoms with E-state index in [1.54, 1.807) is 6.07 Å². The fourth-order valence-corrected chi connectivity index (χ4v) is 1.39. The number of ether oxygens (including phenoxy) is 3. The van der Waals surface area contributed by atoms with Gasteiger partial charge in [-0.25, -0.2) is 14.4 Å². The van der Waals surface area contributed by atoms with Crippen molar-refractivity contribution in [1.82, 2.24) is 0 Å². The van der Waals surface area contributed by atoms with Crippen LogP contribution in [0.15, 0.2) is 36.9 Å². The SMILES string of the molecule is C=CC(=O)OCCOC(=O)c1ccccc1C(=O)OCO. The summed E-state index contributed by atoms with van der Waals surface area (Å²) in [6.07, 6.45) is 0.988. The van der Waals surface area contributed by atoms with Crippen molar-refractivity contribution in [1.29, 1.82) is 0 Å². The van der Waals surface area contributed by atoms with E-state index in [1.807, 2.05) is 0 Å². The average Bonchev–Trinajstić information content (AvgIpc) is 2.51. The first kappa shape index (κ1) is 16.4. The van der Waals surface area contributed by atoms with Crippen LogP contribution in [0.25, 0.3) is 0 Å². The molecule has 1 rings (SSSR count). The summed E-state index contributed by atoms with van der Waals surface area (Å²) in [5.41, 5.74) is -0.0365. The molecule has 0 spiro atoms. The standard InChI is InChI=1S/C14H14O7/c1-2-12(16)19-7-8-20-13(17)10-5-3-4-6-11(10)14(18)21-9-15/h2-6,15H,1,7-9H2. The smallest absolute Gasteiger partial charge is 0.341 e. The first-order chi connectivity index (χ1) is 10.1. The van der Waals surface area contributed by atoms with E-state index in [0.717, 1.165) is 6.08 Å². The predicted molar refractivity (Wildman–Crippen MR) is 70.4 cm³/mol. The first-order valence-corrected chi connectivity index (χ1v) is 5.93. The first-order valence-electron chi connectivity index (χ1n) is 5.93. The molecule has 0 saturated heterocycles. The van der Waals surface area contributed by atoms with E-state index in [4.69, 9.17) is 9.84 Å². The molecule has 0 fully saturated rings. The van der Waals surface area contributed by atoms with Crippen molar-refractivity contribution in [3.05, 3.63) is 48.0 Å². The summed E-state index contributed by atoms with van der Waals surface area (Å²) in [6, 6.07) is 5.83. The third kappa shape index (κ3) is 5.07. The molecule has 7 nitrogen and oxygen atoms in total. The van der Waals surface area contributed by atoms with E-state index in [0.29, 0.717) is 0 Å². The number of carbonyl (C=O) groups is 3. The molecule has 0 unspecified atom stereocenters. The third-order valence-corrected chi connectivity index (χ3v) is 2.29. The number of aliphatic hydroxyl groups is 1. The number of hydrogen-bond acceptors (Lipinski definition) is 7. The van der Waals surface area contributed by atoms with Crippen LogP contribution in [0.5, 0.6) is 0 Å². The molecule has 0 heterocycles. The fraction of sp³-hybridized carbons (Fsp3) is 0.214. The van der Waals surface area contributed by atoms with Gasteiger partial charge in [0.1, 0.15) is 13.2 Å². The summed E-state index contributed by atoms with van der Waals surface area (Å²) in [5.74, 6) is -2.24. The topological polar surface area (TPSA) is 99.1 Å². The maximum absolute atomic E-state index is 11.8. The molecule has 0 bridgehead atoms. The lowest BCUT2D eigenvalue weighted by Crippen LogP contribution is -2.17. The van der Waals surface area contributed by atoms with E-state index in [2.05, 4.69) is 16.1 Å². The second-order valence-electron chi connectivity index (χ2n) is 3.61. The van der Waals surface area contributed by atoms with Crippen molar-refractivity contribution in [3.63, 3.8) is 0 Å². The normalized spacial score (nSPS) is 9.57. The molecule has 0 aliphatic rings. The second kappa shape index (κ2) is 8.49. The fourth-order valence-electron chi connectivity index (χ4n) is 1.39. The van der Waals surface area contributed by atoms with Gasteiger partial charge in [0, 0.05) is 6.08 Å². The quantitative estimate of drug-likeness (QED) is 0.259. The van der Waals surface area contributed by atoms with Crippen molar-refractivity contribution < 1.29 is 33.7 Å². The molecule has 0 amide bonds. The highest BCUT2D eigenvalue weighted by atomic mass is 16.6. The molecule has 0 saturated carbocycles. The zero-order chi connectivity index (χ0) is 15.7. The molecule has 112 valence electrons. The molecule has 0 atom stereocenters. The zero-order valence-corrected chi connectivity index (χ0v) is 11.1. The van der Waals surface area contributed by atoms with E-state index in [-0.39, 0.29) is 24.3 Å². The van der Waals surface area contributed by atoms with Gasteiger partial charge in [-0.15, -0.1) is 0 Å². The molecule has 1 aromatic carbocycles. The van der Waals surface area contributed by atoms with Gasteiger partial charge < -0.3 is 19.3 Å². The predicted octanol–water partition coefficient (Wildman–Crippen LogP) is 0.679. The minimum absolute atomic E-state index is 0.00834. The lowest BCUT2D eigenvalue weighted by molar-refractivity contribution is -0.138. The van der Waals surface area contributed by atoms with Gasteiger partial charge >= 0.3 is 17.9 Å². The number of carbonyl (C=O) groups excluding carboxylic acids is 3. The number of aliphatic hydroxyl groups excluding tert-OH is 1. The highest BCUT2D eigenvalue weighted by Gasteiger charge is 2.18. The Labute approximate surface area is 120 Å². The van der Waals surface area contributed by atoms with Crippen LogP contribution in [0.2, 0.25) is 0 Å². The molecular weight excluding hydrogens is 280 g/mol. The molecule has 0 aliphatic heterocycles. The number of esters is 3. The molecule has 7 heteroatoms. The van der Waals surface area contributed by atoms with Gasteiger partial charge in [0.2, 0.25) is 0 Å². The van der Waals surface area contributed by atoms with E-state index >= 15 is 0 Å². The third-order valence-electron chi connectivity index (χ3n) is 2.29. The number of benzene rings is 1. The van der Waals surface area contributed by atoms with Gasteiger partial charge in [0.15, 0.2) is 6.79 Å². The molecule has 1 N–H and O–H groups in total. The van der Waals surface area contributed by atoms with Gasteiger partial charge in [-0.3, -0.25) is 0 Å². The Bertz CT molecular complexity index is 536. The van der Waals surface area contributed by atoms with Gasteiger partial charge in [0.25, 0.3) is 0 Å². The maximum atomic E-state index is 11.8. The highest BCUT2D eigenvalue weighted by Crippen LogP contribution is 2.11. The van der Waals surface area contributed by atoms with Gasteiger partial charge in [0.05, 0.1) is 11.1 Å². The summed E-state index contributed by atoms with van der Waals surface area (Å²) in [5, 5.41) is 8.56. The van der Waals surface area contributed by atoms with Crippen LogP contribution in [-0.4, -0.2) is 43.0 Å². The Hall–Kier alpha value is -2.67. The Balaban J connectivity index is 2.63. The van der Waals surface area contributed by atoms with Crippen molar-refractivity contribution in [3.8, 4) is 0 Å². The van der Waals surface area contributed by atoms with Gasteiger partial charge in [-0.2, -0.15) is 0 Å². The van der Waals surface area contributed by atoms with Crippen LogP contribution < -0.4 is 0 Å². The molecule has 21 heavy (non-hydrogen) atoms. The molecule has 1 aromatic rings. The Morgan fingerprint density at radius 2 is 1.52 bits per heavy atom. The molecular formula is C14H14O7. The van der Waals surface area contributed by atoms with Crippen molar-refractivity contribution in [2.45, 2.75) is 0 Å². The lowest BCUT2D eigenvalue weighted by Gasteiger charge is -2.08. The minimum Gasteiger partial charge on any atom is -0.459 e. The largest absolute Gasteiger partial charge is 0.459 e. The van der Waals surface area contributed by atoms with Crippen molar-refractivity contribution >= 4 is 17.9 Å². The monoisotopic (exact) mass is 294 g/mol. The highest BCUT2D eigenvalue weighted by molar-refractivity contribution is 6.03. The van der Waals surface area contributed by atoms with Crippen LogP contribution in [0.1, 0.15) is 20.7 Å². The molecule has 0 aliphatic carbocycles. The Kier molecular flexibility index (Phi) is 6.62. The van der Waals surface area contributed by atoms with E-state index in [1.165, 1.54) is 18.2 Å². The van der Waals surface area contributed by atoms with Gasteiger partial charge in [-0.05, 0) is 12.1 Å². The van der Waals surface area contributed by atoms with Crippen molar-refractivity contribution in [2.75, 3.05) is 20.0 Å². The number of hydrogen-bond donors (Lipinski definition) is 1. The molecule has 0 radical (unpaired) electrons. The summed E-state index contributed by atoms with van der Waals surface area (Å²) in [7, 11) is 0. The average molecular weight is 294 g/mol. The van der Waals surface area contributed by atoms with Crippen LogP contribution in [0.3, 0.4) is 0 Å². The van der Waals surface area contributed by atoms with Crippen LogP contribution in [-0.2, 0) is 19.0 Å². The zero-order valence-electron chi connectivity index (χ0n) is 11.1. The van der Waals surface area contributed by atoms with Gasteiger partial charge in [-0.1, -0.05) is 18.7 Å². The summed E-state index contributed by atoms with van der Waals surface area (Å²) < 4.78 is 13.9. The minimum atomic E-state index is -0.844. The van der Waals surface area contributed by atoms with Crippen LogP contribution in [0, 0.1) is 0 Å². The lowest BCUT2D eigenvalue weighted by atomic mass is 10.1. The van der Waals surface area contributed by atoms with Crippen molar-refractivity contribution in [2.24, 2.45) is 0 Å². The molecule has 0 aromatic heterocycles. The summed E-state index contributed by atoms with van der Waals surface area (Å²) in [6.45, 7) is 2.13. The van der Waals surface area contributed by atoms with Crippen LogP contribution in [0.4, 0.5) is 0 Å². The van der Waals surface area contributed by atoms with E-state index in [9.17, 15) is 14.4 Å². The van der Waals surface area contributed by atoms with Crippen LogP contribution >= 0.6 is 0 Å².